The third kappa shape index (κ3) is 3.85. The summed E-state index contributed by atoms with van der Waals surface area (Å²) in [5.41, 5.74) is 4.15. The smallest absolute Gasteiger partial charge is 0.341 e. The van der Waals surface area contributed by atoms with E-state index in [-0.39, 0.29) is 29.3 Å². The van der Waals surface area contributed by atoms with Crippen molar-refractivity contribution in [3.8, 4) is 5.82 Å². The number of likely N-dealkylation sites (N-methyl/N-ethyl adjacent to an activating group) is 1. The number of pyridine rings is 2. The number of anilines is 2. The molecule has 3 aromatic rings. The average Bonchev–Trinajstić information content (AvgIpc) is 2.72. The van der Waals surface area contributed by atoms with E-state index in [1.807, 2.05) is 0 Å². The standard InChI is InChI=1S/C21H16Cl2F3N5O3/c1-28-4-11(22)8-5-30(6-8)17-12(24)2-9-16(15(17)23)31(7-10(18(9)32)21(33)34)20-14(26)3-13(25)19(27)29-20/h2-3,7,28H,4-6H2,1H3,(H2,27,29)(H,33,34). The van der Waals surface area contributed by atoms with Crippen molar-refractivity contribution in [2.75, 3.05) is 37.3 Å². The highest BCUT2D eigenvalue weighted by Gasteiger charge is 2.31. The molecule has 1 aliphatic rings. The number of benzene rings is 1. The molecule has 4 rings (SSSR count). The number of aromatic nitrogens is 2. The molecule has 3 heterocycles. The molecule has 34 heavy (non-hydrogen) atoms. The van der Waals surface area contributed by atoms with E-state index in [0.717, 1.165) is 22.4 Å². The lowest BCUT2D eigenvalue weighted by atomic mass is 10.0. The van der Waals surface area contributed by atoms with Crippen LogP contribution in [-0.4, -0.2) is 47.3 Å². The molecule has 4 N–H and O–H groups in total. The van der Waals surface area contributed by atoms with Crippen molar-refractivity contribution in [2.45, 2.75) is 0 Å². The Hall–Kier alpha value is -3.28. The number of fused-ring (bicyclic) bond motifs is 1. The third-order valence-corrected chi connectivity index (χ3v) is 6.11. The number of halogens is 5. The fraction of sp³-hybridized carbons (Fsp3) is 0.190. The Morgan fingerprint density at radius 3 is 2.53 bits per heavy atom. The number of carboxylic acid groups (broad SMARTS) is 1. The first-order chi connectivity index (χ1) is 16.0. The van der Waals surface area contributed by atoms with Crippen LogP contribution in [0.1, 0.15) is 10.4 Å². The maximum atomic E-state index is 15.1. The van der Waals surface area contributed by atoms with Gasteiger partial charge in [-0.2, -0.15) is 0 Å². The predicted octanol–water partition coefficient (Wildman–Crippen LogP) is 3.27. The summed E-state index contributed by atoms with van der Waals surface area (Å²) in [7, 11) is 1.72. The quantitative estimate of drug-likeness (QED) is 0.479. The highest BCUT2D eigenvalue weighted by Crippen LogP contribution is 2.40. The van der Waals surface area contributed by atoms with Crippen LogP contribution in [0.2, 0.25) is 5.02 Å². The minimum Gasteiger partial charge on any atom is -0.477 e. The third-order valence-electron chi connectivity index (χ3n) is 5.35. The molecule has 2 aromatic heterocycles. The van der Waals surface area contributed by atoms with Gasteiger partial charge in [-0.1, -0.05) is 23.2 Å². The van der Waals surface area contributed by atoms with Gasteiger partial charge in [0.2, 0.25) is 5.43 Å². The minimum absolute atomic E-state index is 0.0986. The molecule has 1 aliphatic heterocycles. The number of carboxylic acids is 1. The van der Waals surface area contributed by atoms with Gasteiger partial charge in [-0.15, -0.1) is 0 Å². The van der Waals surface area contributed by atoms with E-state index in [0.29, 0.717) is 17.6 Å². The average molecular weight is 514 g/mol. The summed E-state index contributed by atoms with van der Waals surface area (Å²) >= 11 is 12.7. The normalized spacial score (nSPS) is 13.4. The predicted molar refractivity (Wildman–Crippen MR) is 123 cm³/mol. The van der Waals surface area contributed by atoms with Crippen LogP contribution in [0.25, 0.3) is 16.7 Å². The second-order valence-electron chi connectivity index (χ2n) is 7.52. The Labute approximate surface area is 200 Å². The summed E-state index contributed by atoms with van der Waals surface area (Å²) < 4.78 is 44.3. The summed E-state index contributed by atoms with van der Waals surface area (Å²) in [6.45, 7) is 0.916. The zero-order valence-electron chi connectivity index (χ0n) is 17.4. The van der Waals surface area contributed by atoms with Crippen LogP contribution in [0.5, 0.6) is 0 Å². The molecule has 0 amide bonds. The van der Waals surface area contributed by atoms with Crippen molar-refractivity contribution in [3.63, 3.8) is 0 Å². The maximum absolute atomic E-state index is 15.1. The van der Waals surface area contributed by atoms with E-state index >= 15 is 4.39 Å². The highest BCUT2D eigenvalue weighted by molar-refractivity contribution is 6.38. The van der Waals surface area contributed by atoms with Crippen LogP contribution in [0.15, 0.2) is 33.7 Å². The van der Waals surface area contributed by atoms with Crippen LogP contribution in [0.3, 0.4) is 0 Å². The molecule has 1 saturated heterocycles. The zero-order valence-corrected chi connectivity index (χ0v) is 18.9. The molecular formula is C21H16Cl2F3N5O3. The zero-order chi connectivity index (χ0) is 24.9. The Kier molecular flexibility index (Phi) is 6.19. The van der Waals surface area contributed by atoms with E-state index in [1.165, 1.54) is 0 Å². The topological polar surface area (TPSA) is 113 Å². The molecule has 0 unspecified atom stereocenters. The van der Waals surface area contributed by atoms with Crippen molar-refractivity contribution in [2.24, 2.45) is 0 Å². The Bertz CT molecular complexity index is 1450. The minimum atomic E-state index is -1.64. The van der Waals surface area contributed by atoms with E-state index in [1.54, 1.807) is 11.9 Å². The highest BCUT2D eigenvalue weighted by atomic mass is 35.5. The van der Waals surface area contributed by atoms with Gasteiger partial charge in [0.25, 0.3) is 0 Å². The molecule has 1 fully saturated rings. The number of carbonyl (C=O) groups is 1. The fourth-order valence-electron chi connectivity index (χ4n) is 3.68. The lowest BCUT2D eigenvalue weighted by Gasteiger charge is -2.38. The van der Waals surface area contributed by atoms with Gasteiger partial charge >= 0.3 is 5.97 Å². The molecule has 0 spiro atoms. The fourth-order valence-corrected chi connectivity index (χ4v) is 4.33. The second kappa shape index (κ2) is 8.82. The van der Waals surface area contributed by atoms with Crippen molar-refractivity contribution < 1.29 is 23.1 Å². The molecular weight excluding hydrogens is 498 g/mol. The van der Waals surface area contributed by atoms with E-state index in [9.17, 15) is 23.5 Å². The molecule has 0 bridgehead atoms. The second-order valence-corrected chi connectivity index (χ2v) is 8.35. The number of nitrogens with two attached hydrogens (primary N) is 1. The molecule has 1 aromatic carbocycles. The summed E-state index contributed by atoms with van der Waals surface area (Å²) in [5.74, 6) is -6.17. The van der Waals surface area contributed by atoms with Gasteiger partial charge in [-0.05, 0) is 18.7 Å². The first-order valence-electron chi connectivity index (χ1n) is 9.73. The lowest BCUT2D eigenvalue weighted by molar-refractivity contribution is 0.0695. The Morgan fingerprint density at radius 1 is 1.24 bits per heavy atom. The van der Waals surface area contributed by atoms with Gasteiger partial charge in [-0.3, -0.25) is 9.36 Å². The summed E-state index contributed by atoms with van der Waals surface area (Å²) in [5, 5.41) is 12.2. The van der Waals surface area contributed by atoms with Gasteiger partial charge in [0.05, 0.1) is 21.6 Å². The Balaban J connectivity index is 2.01. The number of hydrogen-bond acceptors (Lipinski definition) is 6. The maximum Gasteiger partial charge on any atom is 0.341 e. The van der Waals surface area contributed by atoms with E-state index in [2.05, 4.69) is 10.3 Å². The molecule has 0 atom stereocenters. The first-order valence-corrected chi connectivity index (χ1v) is 10.5. The van der Waals surface area contributed by atoms with Crippen LogP contribution >= 0.6 is 23.2 Å². The number of nitrogen functional groups attached to an aromatic ring is 1. The Morgan fingerprint density at radius 2 is 1.91 bits per heavy atom. The van der Waals surface area contributed by atoms with Crippen LogP contribution in [0, 0.1) is 17.5 Å². The molecule has 8 nitrogen and oxygen atoms in total. The SMILES string of the molecule is CNCC(Cl)=C1CN(c2c(F)cc3c(=O)c(C(=O)O)cn(-c4nc(N)c(F)cc4F)c3c2Cl)C1. The molecule has 0 radical (unpaired) electrons. The van der Waals surface area contributed by atoms with Crippen molar-refractivity contribution in [3.05, 3.63) is 67.2 Å². The number of nitrogens with zero attached hydrogens (tertiary/aromatic N) is 3. The van der Waals surface area contributed by atoms with Crippen LogP contribution in [0.4, 0.5) is 24.7 Å². The van der Waals surface area contributed by atoms with Crippen molar-refractivity contribution >= 4 is 51.6 Å². The number of rotatable bonds is 5. The van der Waals surface area contributed by atoms with Gasteiger partial charge in [0.1, 0.15) is 11.4 Å². The van der Waals surface area contributed by atoms with Crippen molar-refractivity contribution in [1.82, 2.24) is 14.9 Å². The number of aromatic carboxylic acids is 1. The van der Waals surface area contributed by atoms with Crippen LogP contribution in [-0.2, 0) is 0 Å². The summed E-state index contributed by atoms with van der Waals surface area (Å²) in [6.07, 6.45) is 0.786. The van der Waals surface area contributed by atoms with Gasteiger partial charge in [0, 0.05) is 36.9 Å². The summed E-state index contributed by atoms with van der Waals surface area (Å²) in [6, 6.07) is 1.28. The largest absolute Gasteiger partial charge is 0.477 e. The molecule has 0 aliphatic carbocycles. The molecule has 13 heteroatoms. The lowest BCUT2D eigenvalue weighted by Crippen LogP contribution is -2.42. The van der Waals surface area contributed by atoms with E-state index in [4.69, 9.17) is 28.9 Å². The number of nitrogens with one attached hydrogen (secondary N) is 1. The van der Waals surface area contributed by atoms with Gasteiger partial charge < -0.3 is 21.1 Å². The monoisotopic (exact) mass is 513 g/mol. The van der Waals surface area contributed by atoms with E-state index < -0.39 is 51.4 Å². The first kappa shape index (κ1) is 23.9. The van der Waals surface area contributed by atoms with Gasteiger partial charge in [0.15, 0.2) is 23.3 Å². The number of hydrogen-bond donors (Lipinski definition) is 3. The summed E-state index contributed by atoms with van der Waals surface area (Å²) in [4.78, 5) is 29.6. The van der Waals surface area contributed by atoms with Crippen molar-refractivity contribution in [1.29, 1.82) is 0 Å². The molecule has 178 valence electrons. The van der Waals surface area contributed by atoms with Crippen LogP contribution < -0.4 is 21.4 Å². The van der Waals surface area contributed by atoms with Gasteiger partial charge in [-0.25, -0.2) is 22.9 Å². The molecule has 0 saturated carbocycles.